The Morgan fingerprint density at radius 2 is 2.04 bits per heavy atom. The van der Waals surface area contributed by atoms with Gasteiger partial charge in [-0.2, -0.15) is 0 Å². The number of benzene rings is 2. The number of hydrogen-bond donors (Lipinski definition) is 1. The zero-order valence-electron chi connectivity index (χ0n) is 15.0. The molecule has 26 heavy (non-hydrogen) atoms. The number of hydrogen-bond acceptors (Lipinski definition) is 4. The van der Waals surface area contributed by atoms with Crippen LogP contribution in [-0.2, 0) is 0 Å². The summed E-state index contributed by atoms with van der Waals surface area (Å²) in [5.41, 5.74) is 3.43. The van der Waals surface area contributed by atoms with Gasteiger partial charge in [-0.15, -0.1) is 0 Å². The molecule has 2 aromatic carbocycles. The highest BCUT2D eigenvalue weighted by Gasteiger charge is 2.24. The lowest BCUT2D eigenvalue weighted by Gasteiger charge is -2.17. The summed E-state index contributed by atoms with van der Waals surface area (Å²) in [6, 6.07) is 13.9. The molecule has 0 radical (unpaired) electrons. The first kappa shape index (κ1) is 16.9. The molecule has 1 atom stereocenters. The molecule has 0 aromatic heterocycles. The molecule has 4 rings (SSSR count). The van der Waals surface area contributed by atoms with Gasteiger partial charge in [0.2, 0.25) is 6.79 Å². The Balaban J connectivity index is 1.26. The standard InChI is InChI=1S/C21H24N2O3/c1-15-4-2-3-5-18(15)17-8-10-23(13-17)11-9-22-21(24)16-6-7-19-20(12-16)26-14-25-19/h2-7,12,17H,8-11,13-14H2,1H3,(H,22,24)/t17-/m0/s1. The van der Waals surface area contributed by atoms with Gasteiger partial charge >= 0.3 is 0 Å². The van der Waals surface area contributed by atoms with Crippen LogP contribution >= 0.6 is 0 Å². The fraction of sp³-hybridized carbons (Fsp3) is 0.381. The van der Waals surface area contributed by atoms with Crippen molar-refractivity contribution in [1.82, 2.24) is 10.2 Å². The third kappa shape index (κ3) is 3.53. The molecule has 2 aromatic rings. The molecule has 0 aliphatic carbocycles. The maximum Gasteiger partial charge on any atom is 0.251 e. The second-order valence-electron chi connectivity index (χ2n) is 6.97. The fourth-order valence-corrected chi connectivity index (χ4v) is 3.80. The third-order valence-corrected chi connectivity index (χ3v) is 5.25. The van der Waals surface area contributed by atoms with Crippen molar-refractivity contribution in [3.05, 3.63) is 59.2 Å². The van der Waals surface area contributed by atoms with Crippen LogP contribution in [0.3, 0.4) is 0 Å². The van der Waals surface area contributed by atoms with Crippen molar-refractivity contribution in [2.45, 2.75) is 19.3 Å². The van der Waals surface area contributed by atoms with Gasteiger partial charge in [-0.05, 0) is 55.1 Å². The molecule has 1 N–H and O–H groups in total. The topological polar surface area (TPSA) is 50.8 Å². The minimum atomic E-state index is -0.0713. The van der Waals surface area contributed by atoms with Crippen LogP contribution in [0.25, 0.3) is 0 Å². The van der Waals surface area contributed by atoms with E-state index in [1.165, 1.54) is 17.5 Å². The molecule has 2 heterocycles. The minimum Gasteiger partial charge on any atom is -0.454 e. The monoisotopic (exact) mass is 352 g/mol. The number of nitrogens with zero attached hydrogens (tertiary/aromatic N) is 1. The molecule has 5 heteroatoms. The molecule has 0 spiro atoms. The second kappa shape index (κ2) is 7.38. The van der Waals surface area contributed by atoms with Crippen LogP contribution in [0.4, 0.5) is 0 Å². The SMILES string of the molecule is Cc1ccccc1[C@H]1CCN(CCNC(=O)c2ccc3c(c2)OCO3)C1. The Morgan fingerprint density at radius 3 is 2.92 bits per heavy atom. The largest absolute Gasteiger partial charge is 0.454 e. The highest BCUT2D eigenvalue weighted by molar-refractivity contribution is 5.94. The second-order valence-corrected chi connectivity index (χ2v) is 6.97. The maximum absolute atomic E-state index is 12.3. The van der Waals surface area contributed by atoms with E-state index < -0.39 is 0 Å². The van der Waals surface area contributed by atoms with Gasteiger partial charge in [-0.1, -0.05) is 24.3 Å². The van der Waals surface area contributed by atoms with E-state index in [0.29, 0.717) is 29.5 Å². The summed E-state index contributed by atoms with van der Waals surface area (Å²) in [5, 5.41) is 3.01. The summed E-state index contributed by atoms with van der Waals surface area (Å²) in [6.45, 7) is 6.07. The molecule has 1 saturated heterocycles. The van der Waals surface area contributed by atoms with E-state index in [2.05, 4.69) is 41.4 Å². The summed E-state index contributed by atoms with van der Waals surface area (Å²) < 4.78 is 10.6. The molecule has 0 bridgehead atoms. The summed E-state index contributed by atoms with van der Waals surface area (Å²) in [4.78, 5) is 14.8. The van der Waals surface area contributed by atoms with Gasteiger partial charge in [0.05, 0.1) is 0 Å². The highest BCUT2D eigenvalue weighted by atomic mass is 16.7. The summed E-state index contributed by atoms with van der Waals surface area (Å²) >= 11 is 0. The molecule has 0 saturated carbocycles. The van der Waals surface area contributed by atoms with Gasteiger partial charge < -0.3 is 19.7 Å². The van der Waals surface area contributed by atoms with Crippen LogP contribution in [0.5, 0.6) is 11.5 Å². The van der Waals surface area contributed by atoms with Crippen molar-refractivity contribution in [1.29, 1.82) is 0 Å². The molecular formula is C21H24N2O3. The average molecular weight is 352 g/mol. The predicted molar refractivity (Wildman–Crippen MR) is 99.9 cm³/mol. The maximum atomic E-state index is 12.3. The van der Waals surface area contributed by atoms with E-state index in [1.54, 1.807) is 18.2 Å². The Hall–Kier alpha value is -2.53. The van der Waals surface area contributed by atoms with Gasteiger partial charge in [-0.3, -0.25) is 4.79 Å². The highest BCUT2D eigenvalue weighted by Crippen LogP contribution is 2.32. The lowest BCUT2D eigenvalue weighted by atomic mass is 9.94. The Labute approximate surface area is 153 Å². The average Bonchev–Trinajstić information content (AvgIpc) is 3.30. The van der Waals surface area contributed by atoms with Crippen LogP contribution in [0, 0.1) is 6.92 Å². The van der Waals surface area contributed by atoms with Crippen molar-refractivity contribution >= 4 is 5.91 Å². The molecule has 2 aliphatic heterocycles. The molecule has 0 unspecified atom stereocenters. The summed E-state index contributed by atoms with van der Waals surface area (Å²) in [6.07, 6.45) is 1.18. The van der Waals surface area contributed by atoms with Crippen LogP contribution in [0.2, 0.25) is 0 Å². The minimum absolute atomic E-state index is 0.0713. The number of likely N-dealkylation sites (tertiary alicyclic amines) is 1. The van der Waals surface area contributed by atoms with E-state index in [4.69, 9.17) is 9.47 Å². The number of nitrogens with one attached hydrogen (secondary N) is 1. The lowest BCUT2D eigenvalue weighted by Crippen LogP contribution is -2.33. The van der Waals surface area contributed by atoms with Crippen LogP contribution in [-0.4, -0.2) is 43.8 Å². The van der Waals surface area contributed by atoms with Crippen LogP contribution < -0.4 is 14.8 Å². The predicted octanol–water partition coefficient (Wildman–Crippen LogP) is 2.94. The van der Waals surface area contributed by atoms with E-state index in [0.717, 1.165) is 19.6 Å². The Kier molecular flexibility index (Phi) is 4.80. The van der Waals surface area contributed by atoms with E-state index in [-0.39, 0.29) is 12.7 Å². The molecule has 5 nitrogen and oxygen atoms in total. The van der Waals surface area contributed by atoms with E-state index >= 15 is 0 Å². The first-order valence-corrected chi connectivity index (χ1v) is 9.16. The number of ether oxygens (including phenoxy) is 2. The molecule has 2 aliphatic rings. The van der Waals surface area contributed by atoms with Gasteiger partial charge in [0.1, 0.15) is 0 Å². The molecule has 136 valence electrons. The third-order valence-electron chi connectivity index (χ3n) is 5.25. The first-order chi connectivity index (χ1) is 12.7. The fourth-order valence-electron chi connectivity index (χ4n) is 3.80. The number of rotatable bonds is 5. The van der Waals surface area contributed by atoms with Gasteiger partial charge in [0.25, 0.3) is 5.91 Å². The quantitative estimate of drug-likeness (QED) is 0.899. The summed E-state index contributed by atoms with van der Waals surface area (Å²) in [7, 11) is 0. The van der Waals surface area contributed by atoms with Gasteiger partial charge in [0, 0.05) is 25.2 Å². The smallest absolute Gasteiger partial charge is 0.251 e. The molecule has 1 amide bonds. The molecule has 1 fully saturated rings. The van der Waals surface area contributed by atoms with Crippen molar-refractivity contribution < 1.29 is 14.3 Å². The van der Waals surface area contributed by atoms with Gasteiger partial charge in [-0.25, -0.2) is 0 Å². The number of amides is 1. The Bertz CT molecular complexity index is 806. The number of carbonyl (C=O) groups excluding carboxylic acids is 1. The van der Waals surface area contributed by atoms with Crippen molar-refractivity contribution in [3.63, 3.8) is 0 Å². The van der Waals surface area contributed by atoms with E-state index in [9.17, 15) is 4.79 Å². The lowest BCUT2D eigenvalue weighted by molar-refractivity contribution is 0.0949. The van der Waals surface area contributed by atoms with Crippen molar-refractivity contribution in [2.24, 2.45) is 0 Å². The van der Waals surface area contributed by atoms with E-state index in [1.807, 2.05) is 0 Å². The number of carbonyl (C=O) groups is 1. The zero-order valence-corrected chi connectivity index (χ0v) is 15.0. The normalized spacial score (nSPS) is 18.9. The van der Waals surface area contributed by atoms with Crippen molar-refractivity contribution in [2.75, 3.05) is 33.0 Å². The van der Waals surface area contributed by atoms with Crippen LogP contribution in [0.1, 0.15) is 33.8 Å². The summed E-state index contributed by atoms with van der Waals surface area (Å²) in [5.74, 6) is 1.86. The zero-order chi connectivity index (χ0) is 17.9. The van der Waals surface area contributed by atoms with Crippen LogP contribution in [0.15, 0.2) is 42.5 Å². The Morgan fingerprint density at radius 1 is 1.19 bits per heavy atom. The first-order valence-electron chi connectivity index (χ1n) is 9.16. The molecular weight excluding hydrogens is 328 g/mol. The number of aryl methyl sites for hydroxylation is 1. The van der Waals surface area contributed by atoms with Crippen molar-refractivity contribution in [3.8, 4) is 11.5 Å². The number of fused-ring (bicyclic) bond motifs is 1. The van der Waals surface area contributed by atoms with Gasteiger partial charge in [0.15, 0.2) is 11.5 Å².